The SMILES string of the molecule is Cc1cc(C)c2sc(NC(=O)c3cc([N+](=O)[O-])cc([N+](=O)[O-])c3)nc2c1. The fourth-order valence-corrected chi connectivity index (χ4v) is 3.45. The predicted molar refractivity (Wildman–Crippen MR) is 96.8 cm³/mol. The molecule has 0 aliphatic rings. The first-order chi connectivity index (χ1) is 12.2. The predicted octanol–water partition coefficient (Wildman–Crippen LogP) is 3.98. The summed E-state index contributed by atoms with van der Waals surface area (Å²) in [5.41, 5.74) is 1.54. The summed E-state index contributed by atoms with van der Waals surface area (Å²) in [5.74, 6) is -0.703. The molecule has 1 heterocycles. The van der Waals surface area contributed by atoms with Gasteiger partial charge in [0.05, 0.1) is 31.7 Å². The Morgan fingerprint density at radius 3 is 2.23 bits per heavy atom. The molecule has 9 nitrogen and oxygen atoms in total. The van der Waals surface area contributed by atoms with Gasteiger partial charge in [0.15, 0.2) is 5.13 Å². The second kappa shape index (κ2) is 6.48. The molecular weight excluding hydrogens is 360 g/mol. The maximum Gasteiger partial charge on any atom is 0.277 e. The number of nitrogens with one attached hydrogen (secondary N) is 1. The monoisotopic (exact) mass is 372 g/mol. The molecule has 0 bridgehead atoms. The number of carbonyl (C=O) groups excluding carboxylic acids is 1. The van der Waals surface area contributed by atoms with Gasteiger partial charge in [-0.3, -0.25) is 30.3 Å². The van der Waals surface area contributed by atoms with Crippen LogP contribution >= 0.6 is 11.3 Å². The van der Waals surface area contributed by atoms with Crippen LogP contribution in [0.4, 0.5) is 16.5 Å². The molecule has 132 valence electrons. The molecule has 0 aliphatic carbocycles. The van der Waals surface area contributed by atoms with E-state index in [2.05, 4.69) is 10.3 Å². The molecule has 1 amide bonds. The molecule has 1 N–H and O–H groups in total. The zero-order valence-electron chi connectivity index (χ0n) is 13.7. The highest BCUT2D eigenvalue weighted by molar-refractivity contribution is 7.22. The van der Waals surface area contributed by atoms with Gasteiger partial charge in [-0.25, -0.2) is 4.98 Å². The van der Waals surface area contributed by atoms with E-state index >= 15 is 0 Å². The number of carbonyl (C=O) groups is 1. The Balaban J connectivity index is 1.96. The van der Waals surface area contributed by atoms with E-state index in [0.717, 1.165) is 39.5 Å². The molecule has 3 aromatic rings. The van der Waals surface area contributed by atoms with Crippen molar-refractivity contribution in [2.24, 2.45) is 0 Å². The molecule has 10 heteroatoms. The van der Waals surface area contributed by atoms with Crippen LogP contribution in [0.3, 0.4) is 0 Å². The standard InChI is InChI=1S/C16H12N4O5S/c1-8-3-9(2)14-13(4-8)17-16(26-14)18-15(21)10-5-11(19(22)23)7-12(6-10)20(24)25/h3-7H,1-2H3,(H,17,18,21). The number of nitro benzene ring substituents is 2. The average molecular weight is 372 g/mol. The largest absolute Gasteiger partial charge is 0.298 e. The van der Waals surface area contributed by atoms with E-state index in [4.69, 9.17) is 0 Å². The second-order valence-corrected chi connectivity index (χ2v) is 6.65. The number of aromatic nitrogens is 1. The third-order valence-corrected chi connectivity index (χ3v) is 4.75. The van der Waals surface area contributed by atoms with E-state index < -0.39 is 27.1 Å². The summed E-state index contributed by atoms with van der Waals surface area (Å²) in [6, 6.07) is 6.67. The molecule has 1 aromatic heterocycles. The maximum absolute atomic E-state index is 12.4. The summed E-state index contributed by atoms with van der Waals surface area (Å²) in [7, 11) is 0. The summed E-state index contributed by atoms with van der Waals surface area (Å²) >= 11 is 1.27. The second-order valence-electron chi connectivity index (χ2n) is 5.66. The van der Waals surface area contributed by atoms with Crippen molar-refractivity contribution < 1.29 is 14.6 Å². The Kier molecular flexibility index (Phi) is 4.34. The maximum atomic E-state index is 12.4. The number of benzene rings is 2. The van der Waals surface area contributed by atoms with Gasteiger partial charge < -0.3 is 0 Å². The fourth-order valence-electron chi connectivity index (χ4n) is 2.54. The molecule has 0 atom stereocenters. The minimum atomic E-state index is -0.784. The smallest absolute Gasteiger partial charge is 0.277 e. The van der Waals surface area contributed by atoms with Crippen LogP contribution in [-0.4, -0.2) is 20.7 Å². The van der Waals surface area contributed by atoms with Crippen molar-refractivity contribution >= 4 is 44.0 Å². The van der Waals surface area contributed by atoms with Crippen LogP contribution in [0.1, 0.15) is 21.5 Å². The third-order valence-electron chi connectivity index (χ3n) is 3.63. The van der Waals surface area contributed by atoms with Crippen LogP contribution in [0, 0.1) is 34.1 Å². The van der Waals surface area contributed by atoms with Gasteiger partial charge in [0.1, 0.15) is 0 Å². The minimum absolute atomic E-state index is 0.182. The lowest BCUT2D eigenvalue weighted by Gasteiger charge is -2.02. The molecule has 2 aromatic carbocycles. The lowest BCUT2D eigenvalue weighted by molar-refractivity contribution is -0.394. The first kappa shape index (κ1) is 17.4. The first-order valence-corrected chi connectivity index (χ1v) is 8.19. The molecule has 3 rings (SSSR count). The minimum Gasteiger partial charge on any atom is -0.298 e. The van der Waals surface area contributed by atoms with E-state index in [1.165, 1.54) is 11.3 Å². The van der Waals surface area contributed by atoms with Gasteiger partial charge in [0.2, 0.25) is 0 Å². The van der Waals surface area contributed by atoms with Gasteiger partial charge in [-0.1, -0.05) is 17.4 Å². The normalized spacial score (nSPS) is 10.7. The Labute approximate surface area is 150 Å². The highest BCUT2D eigenvalue weighted by atomic mass is 32.1. The molecule has 0 saturated carbocycles. The quantitative estimate of drug-likeness (QED) is 0.545. The number of thiazole rings is 1. The number of aryl methyl sites for hydroxylation is 2. The highest BCUT2D eigenvalue weighted by Crippen LogP contribution is 2.30. The number of non-ortho nitro benzene ring substituents is 2. The summed E-state index contributed by atoms with van der Waals surface area (Å²) in [6.45, 7) is 3.87. The summed E-state index contributed by atoms with van der Waals surface area (Å²) < 4.78 is 0.913. The van der Waals surface area contributed by atoms with E-state index in [9.17, 15) is 25.0 Å². The average Bonchev–Trinajstić information content (AvgIpc) is 2.96. The number of amides is 1. The summed E-state index contributed by atoms with van der Waals surface area (Å²) in [6.07, 6.45) is 0. The highest BCUT2D eigenvalue weighted by Gasteiger charge is 2.20. The Hall–Kier alpha value is -3.40. The van der Waals surface area contributed by atoms with Crippen molar-refractivity contribution in [1.29, 1.82) is 0 Å². The number of nitrogens with zero attached hydrogens (tertiary/aromatic N) is 3. The lowest BCUT2D eigenvalue weighted by Crippen LogP contribution is -2.12. The van der Waals surface area contributed by atoms with Gasteiger partial charge in [-0.05, 0) is 31.0 Å². The Morgan fingerprint density at radius 2 is 1.65 bits per heavy atom. The van der Waals surface area contributed by atoms with Crippen LogP contribution in [0.2, 0.25) is 0 Å². The third kappa shape index (κ3) is 3.35. The Bertz CT molecular complexity index is 1040. The molecule has 0 spiro atoms. The number of rotatable bonds is 4. The van der Waals surface area contributed by atoms with Crippen LogP contribution in [0.15, 0.2) is 30.3 Å². The van der Waals surface area contributed by atoms with Crippen LogP contribution in [0.5, 0.6) is 0 Å². The zero-order chi connectivity index (χ0) is 19.0. The van der Waals surface area contributed by atoms with Crippen molar-refractivity contribution in [1.82, 2.24) is 4.98 Å². The van der Waals surface area contributed by atoms with Gasteiger partial charge >= 0.3 is 0 Å². The van der Waals surface area contributed by atoms with Gasteiger partial charge in [-0.2, -0.15) is 0 Å². The van der Waals surface area contributed by atoms with Crippen molar-refractivity contribution in [3.05, 3.63) is 67.3 Å². The number of nitro groups is 2. The number of anilines is 1. The van der Waals surface area contributed by atoms with Gasteiger partial charge in [-0.15, -0.1) is 0 Å². The van der Waals surface area contributed by atoms with Crippen molar-refractivity contribution in [3.8, 4) is 0 Å². The summed E-state index contributed by atoms with van der Waals surface area (Å²) in [5, 5.41) is 24.7. The van der Waals surface area contributed by atoms with E-state index in [1.54, 1.807) is 0 Å². The van der Waals surface area contributed by atoms with Gasteiger partial charge in [0, 0.05) is 12.1 Å². The van der Waals surface area contributed by atoms with Gasteiger partial charge in [0.25, 0.3) is 17.3 Å². The molecule has 0 unspecified atom stereocenters. The molecule has 0 radical (unpaired) electrons. The zero-order valence-corrected chi connectivity index (χ0v) is 14.5. The molecule has 0 aliphatic heterocycles. The van der Waals surface area contributed by atoms with E-state index in [0.29, 0.717) is 5.13 Å². The number of hydrogen-bond donors (Lipinski definition) is 1. The first-order valence-electron chi connectivity index (χ1n) is 7.37. The molecular formula is C16H12N4O5S. The van der Waals surface area contributed by atoms with Crippen molar-refractivity contribution in [3.63, 3.8) is 0 Å². The number of hydrogen-bond acceptors (Lipinski definition) is 7. The topological polar surface area (TPSA) is 128 Å². The van der Waals surface area contributed by atoms with Crippen molar-refractivity contribution in [2.45, 2.75) is 13.8 Å². The molecule has 26 heavy (non-hydrogen) atoms. The molecule has 0 saturated heterocycles. The van der Waals surface area contributed by atoms with E-state index in [-0.39, 0.29) is 5.56 Å². The van der Waals surface area contributed by atoms with E-state index in [1.807, 2.05) is 26.0 Å². The fraction of sp³-hybridized carbons (Fsp3) is 0.125. The summed E-state index contributed by atoms with van der Waals surface area (Å²) in [4.78, 5) is 37.0. The van der Waals surface area contributed by atoms with Crippen LogP contribution in [0.25, 0.3) is 10.2 Å². The van der Waals surface area contributed by atoms with Crippen molar-refractivity contribution in [2.75, 3.05) is 5.32 Å². The van der Waals surface area contributed by atoms with Crippen LogP contribution in [-0.2, 0) is 0 Å². The molecule has 0 fully saturated rings. The lowest BCUT2D eigenvalue weighted by atomic mass is 10.1. The Morgan fingerprint density at radius 1 is 1.04 bits per heavy atom. The number of fused-ring (bicyclic) bond motifs is 1. The van der Waals surface area contributed by atoms with Crippen LogP contribution < -0.4 is 5.32 Å².